The molecule has 4 heteroatoms. The van der Waals surface area contributed by atoms with Crippen molar-refractivity contribution in [1.82, 2.24) is 4.57 Å². The summed E-state index contributed by atoms with van der Waals surface area (Å²) in [5.41, 5.74) is 1.35. The van der Waals surface area contributed by atoms with Gasteiger partial charge in [-0.25, -0.2) is 4.79 Å². The molecule has 19 heavy (non-hydrogen) atoms. The zero-order valence-corrected chi connectivity index (χ0v) is 11.8. The number of hydrogen-bond donors (Lipinski definition) is 0. The van der Waals surface area contributed by atoms with E-state index < -0.39 is 0 Å². The first-order chi connectivity index (χ1) is 8.92. The van der Waals surface area contributed by atoms with E-state index in [1.807, 2.05) is 49.7 Å². The van der Waals surface area contributed by atoms with Crippen molar-refractivity contribution in [3.05, 3.63) is 36.0 Å². The van der Waals surface area contributed by atoms with E-state index in [2.05, 4.69) is 0 Å². The van der Waals surface area contributed by atoms with Crippen LogP contribution >= 0.6 is 0 Å². The SMILES string of the molecule is COC(=O)c1cccc2c1ccn2COC(C)(C)C. The zero-order valence-electron chi connectivity index (χ0n) is 11.8. The van der Waals surface area contributed by atoms with Crippen molar-refractivity contribution >= 4 is 16.9 Å². The third-order valence-electron chi connectivity index (χ3n) is 2.86. The fourth-order valence-corrected chi connectivity index (χ4v) is 1.89. The monoisotopic (exact) mass is 261 g/mol. The Kier molecular flexibility index (Phi) is 3.62. The summed E-state index contributed by atoms with van der Waals surface area (Å²) in [5, 5.41) is 0.881. The predicted octanol–water partition coefficient (Wildman–Crippen LogP) is 3.20. The standard InChI is InChI=1S/C15H19NO3/c1-15(2,3)19-10-16-9-8-11-12(14(17)18-4)6-5-7-13(11)16/h5-9H,10H2,1-4H3. The van der Waals surface area contributed by atoms with Crippen molar-refractivity contribution in [3.8, 4) is 0 Å². The van der Waals surface area contributed by atoms with Gasteiger partial charge < -0.3 is 14.0 Å². The maximum atomic E-state index is 11.7. The Labute approximate surface area is 112 Å². The number of rotatable bonds is 3. The summed E-state index contributed by atoms with van der Waals surface area (Å²) in [7, 11) is 1.39. The number of fused-ring (bicyclic) bond motifs is 1. The van der Waals surface area contributed by atoms with Crippen molar-refractivity contribution in [2.75, 3.05) is 7.11 Å². The van der Waals surface area contributed by atoms with Gasteiger partial charge in [0.2, 0.25) is 0 Å². The van der Waals surface area contributed by atoms with Crippen LogP contribution in [0.2, 0.25) is 0 Å². The van der Waals surface area contributed by atoms with Gasteiger partial charge >= 0.3 is 5.97 Å². The van der Waals surface area contributed by atoms with Crippen molar-refractivity contribution in [1.29, 1.82) is 0 Å². The number of hydrogen-bond acceptors (Lipinski definition) is 3. The molecule has 0 saturated carbocycles. The number of ether oxygens (including phenoxy) is 2. The molecule has 0 aliphatic rings. The van der Waals surface area contributed by atoms with Gasteiger partial charge in [0.05, 0.1) is 23.8 Å². The third kappa shape index (κ3) is 2.96. The van der Waals surface area contributed by atoms with Gasteiger partial charge in [0.1, 0.15) is 6.73 Å². The van der Waals surface area contributed by atoms with Crippen LogP contribution in [0.4, 0.5) is 0 Å². The first kappa shape index (κ1) is 13.6. The van der Waals surface area contributed by atoms with Gasteiger partial charge in [-0.15, -0.1) is 0 Å². The molecule has 0 saturated heterocycles. The Morgan fingerprint density at radius 1 is 1.26 bits per heavy atom. The molecule has 0 aliphatic carbocycles. The van der Waals surface area contributed by atoms with Crippen LogP contribution in [-0.4, -0.2) is 23.2 Å². The Bertz CT molecular complexity index is 593. The Morgan fingerprint density at radius 3 is 2.63 bits per heavy atom. The molecular weight excluding hydrogens is 242 g/mol. The van der Waals surface area contributed by atoms with Crippen molar-refractivity contribution < 1.29 is 14.3 Å². The lowest BCUT2D eigenvalue weighted by atomic mass is 10.1. The number of benzene rings is 1. The Morgan fingerprint density at radius 2 is 2.00 bits per heavy atom. The van der Waals surface area contributed by atoms with Gasteiger partial charge in [0.15, 0.2) is 0 Å². The first-order valence-corrected chi connectivity index (χ1v) is 6.22. The molecule has 0 spiro atoms. The van der Waals surface area contributed by atoms with Crippen LogP contribution in [0.25, 0.3) is 10.9 Å². The lowest BCUT2D eigenvalue weighted by Crippen LogP contribution is -2.20. The molecule has 4 nitrogen and oxygen atoms in total. The first-order valence-electron chi connectivity index (χ1n) is 6.22. The average Bonchev–Trinajstić information content (AvgIpc) is 2.77. The molecule has 0 amide bonds. The van der Waals surface area contributed by atoms with E-state index in [9.17, 15) is 4.79 Å². The van der Waals surface area contributed by atoms with E-state index in [1.165, 1.54) is 7.11 Å². The molecule has 0 unspecified atom stereocenters. The number of nitrogens with zero attached hydrogens (tertiary/aromatic N) is 1. The minimum atomic E-state index is -0.319. The fourth-order valence-electron chi connectivity index (χ4n) is 1.89. The molecule has 1 heterocycles. The molecule has 2 rings (SSSR count). The van der Waals surface area contributed by atoms with Crippen LogP contribution < -0.4 is 0 Å². The average molecular weight is 261 g/mol. The highest BCUT2D eigenvalue weighted by Crippen LogP contribution is 2.22. The van der Waals surface area contributed by atoms with Gasteiger partial charge in [0, 0.05) is 11.6 Å². The summed E-state index contributed by atoms with van der Waals surface area (Å²) in [6, 6.07) is 7.49. The minimum Gasteiger partial charge on any atom is -0.465 e. The molecule has 1 aromatic heterocycles. The van der Waals surface area contributed by atoms with E-state index in [0.29, 0.717) is 12.3 Å². The molecule has 0 bridgehead atoms. The molecule has 0 fully saturated rings. The van der Waals surface area contributed by atoms with Crippen molar-refractivity contribution in [2.24, 2.45) is 0 Å². The number of carbonyl (C=O) groups is 1. The van der Waals surface area contributed by atoms with Gasteiger partial charge in [-0.2, -0.15) is 0 Å². The van der Waals surface area contributed by atoms with E-state index in [1.54, 1.807) is 6.07 Å². The van der Waals surface area contributed by atoms with Gasteiger partial charge in [-0.3, -0.25) is 0 Å². The third-order valence-corrected chi connectivity index (χ3v) is 2.86. The second-order valence-electron chi connectivity index (χ2n) is 5.40. The molecule has 0 aliphatic heterocycles. The summed E-state index contributed by atoms with van der Waals surface area (Å²) in [6.45, 7) is 6.49. The zero-order chi connectivity index (χ0) is 14.0. The maximum Gasteiger partial charge on any atom is 0.338 e. The molecule has 102 valence electrons. The molecule has 2 aromatic rings. The van der Waals surface area contributed by atoms with Crippen LogP contribution in [0.3, 0.4) is 0 Å². The Balaban J connectivity index is 2.36. The highest BCUT2D eigenvalue weighted by molar-refractivity contribution is 6.03. The van der Waals surface area contributed by atoms with Gasteiger partial charge in [-0.1, -0.05) is 6.07 Å². The van der Waals surface area contributed by atoms with Crippen molar-refractivity contribution in [2.45, 2.75) is 33.1 Å². The molecule has 0 N–H and O–H groups in total. The van der Waals surface area contributed by atoms with E-state index in [4.69, 9.17) is 9.47 Å². The van der Waals surface area contributed by atoms with Crippen LogP contribution in [0.5, 0.6) is 0 Å². The summed E-state index contributed by atoms with van der Waals surface area (Å²) in [5.74, 6) is -0.319. The van der Waals surface area contributed by atoms with Crippen molar-refractivity contribution in [3.63, 3.8) is 0 Å². The highest BCUT2D eigenvalue weighted by Gasteiger charge is 2.14. The molecule has 0 radical (unpaired) electrons. The smallest absolute Gasteiger partial charge is 0.338 e. The minimum absolute atomic E-state index is 0.198. The van der Waals surface area contributed by atoms with Gasteiger partial charge in [-0.05, 0) is 39.0 Å². The lowest BCUT2D eigenvalue weighted by Gasteiger charge is -2.20. The van der Waals surface area contributed by atoms with E-state index >= 15 is 0 Å². The van der Waals surface area contributed by atoms with Crippen LogP contribution in [-0.2, 0) is 16.2 Å². The summed E-state index contributed by atoms with van der Waals surface area (Å²) in [6.07, 6.45) is 1.92. The largest absolute Gasteiger partial charge is 0.465 e. The number of aromatic nitrogens is 1. The number of methoxy groups -OCH3 is 1. The van der Waals surface area contributed by atoms with Crippen LogP contribution in [0.15, 0.2) is 30.5 Å². The number of esters is 1. The maximum absolute atomic E-state index is 11.7. The Hall–Kier alpha value is -1.81. The molecule has 0 atom stereocenters. The molecular formula is C15H19NO3. The van der Waals surface area contributed by atoms with Gasteiger partial charge in [0.25, 0.3) is 0 Å². The van der Waals surface area contributed by atoms with E-state index in [-0.39, 0.29) is 11.6 Å². The fraction of sp³-hybridized carbons (Fsp3) is 0.400. The predicted molar refractivity (Wildman–Crippen MR) is 74.1 cm³/mol. The van der Waals surface area contributed by atoms with Crippen LogP contribution in [0.1, 0.15) is 31.1 Å². The summed E-state index contributed by atoms with van der Waals surface area (Å²) >= 11 is 0. The second kappa shape index (κ2) is 5.05. The lowest BCUT2D eigenvalue weighted by molar-refractivity contribution is -0.0415. The summed E-state index contributed by atoms with van der Waals surface area (Å²) < 4.78 is 12.5. The van der Waals surface area contributed by atoms with E-state index in [0.717, 1.165) is 10.9 Å². The normalized spacial score (nSPS) is 11.8. The van der Waals surface area contributed by atoms with Crippen LogP contribution in [0, 0.1) is 0 Å². The number of carbonyl (C=O) groups excluding carboxylic acids is 1. The molecule has 1 aromatic carbocycles. The highest BCUT2D eigenvalue weighted by atomic mass is 16.5. The quantitative estimate of drug-likeness (QED) is 0.797. The second-order valence-corrected chi connectivity index (χ2v) is 5.40. The topological polar surface area (TPSA) is 40.5 Å². The summed E-state index contributed by atoms with van der Waals surface area (Å²) in [4.78, 5) is 11.7.